The minimum absolute atomic E-state index is 0.0660. The van der Waals surface area contributed by atoms with Crippen molar-refractivity contribution < 1.29 is 19.8 Å². The topological polar surface area (TPSA) is 116 Å². The van der Waals surface area contributed by atoms with Crippen LogP contribution in [0.3, 0.4) is 0 Å². The lowest BCUT2D eigenvalue weighted by Gasteiger charge is -2.26. The average Bonchev–Trinajstić information content (AvgIpc) is 2.88. The highest BCUT2D eigenvalue weighted by Gasteiger charge is 2.23. The predicted molar refractivity (Wildman–Crippen MR) is 147 cm³/mol. The lowest BCUT2D eigenvalue weighted by Crippen LogP contribution is -2.29. The van der Waals surface area contributed by atoms with Crippen LogP contribution in [0.25, 0.3) is 5.57 Å². The van der Waals surface area contributed by atoms with Gasteiger partial charge in [-0.15, -0.1) is 0 Å². The Bertz CT molecular complexity index is 971. The Morgan fingerprint density at radius 3 is 2.14 bits per heavy atom. The Kier molecular flexibility index (Phi) is 17.9. The first-order valence-corrected chi connectivity index (χ1v) is 11.6. The molecule has 0 spiro atoms. The van der Waals surface area contributed by atoms with Crippen LogP contribution in [0.15, 0.2) is 89.3 Å². The summed E-state index contributed by atoms with van der Waals surface area (Å²) in [5.41, 5.74) is 8.72. The number of amidine groups is 1. The number of hydrogen-bond acceptors (Lipinski definition) is 4. The van der Waals surface area contributed by atoms with Crippen LogP contribution in [-0.2, 0) is 9.59 Å². The number of aliphatic hydroxyl groups excluding tert-OH is 1. The monoisotopic (exact) mass is 483 g/mol. The van der Waals surface area contributed by atoms with Gasteiger partial charge in [-0.3, -0.25) is 14.7 Å². The van der Waals surface area contributed by atoms with Crippen molar-refractivity contribution in [2.24, 2.45) is 10.7 Å². The molecular weight excluding hydrogens is 442 g/mol. The summed E-state index contributed by atoms with van der Waals surface area (Å²) in [5.74, 6) is -1.45. The van der Waals surface area contributed by atoms with E-state index in [1.165, 1.54) is 11.0 Å². The zero-order valence-electron chi connectivity index (χ0n) is 22.2. The van der Waals surface area contributed by atoms with Crippen molar-refractivity contribution in [1.29, 1.82) is 0 Å². The number of amides is 1. The van der Waals surface area contributed by atoms with E-state index < -0.39 is 12.0 Å². The third-order valence-electron chi connectivity index (χ3n) is 4.52. The van der Waals surface area contributed by atoms with Crippen LogP contribution in [0, 0.1) is 0 Å². The van der Waals surface area contributed by atoms with Gasteiger partial charge in [0.05, 0.1) is 11.6 Å². The van der Waals surface area contributed by atoms with Crippen LogP contribution in [0.4, 0.5) is 0 Å². The molecule has 1 atom stereocenters. The first-order chi connectivity index (χ1) is 16.8. The first-order valence-electron chi connectivity index (χ1n) is 11.6. The summed E-state index contributed by atoms with van der Waals surface area (Å²) in [6.45, 7) is 17.2. The van der Waals surface area contributed by atoms with Crippen molar-refractivity contribution in [2.75, 3.05) is 7.11 Å². The highest BCUT2D eigenvalue weighted by atomic mass is 16.4. The summed E-state index contributed by atoms with van der Waals surface area (Å²) in [4.78, 5) is 29.7. The largest absolute Gasteiger partial charge is 0.478 e. The quantitative estimate of drug-likeness (QED) is 0.287. The summed E-state index contributed by atoms with van der Waals surface area (Å²) in [6.07, 6.45) is 8.10. The van der Waals surface area contributed by atoms with E-state index in [0.717, 1.165) is 18.2 Å². The van der Waals surface area contributed by atoms with E-state index in [-0.39, 0.29) is 17.3 Å². The maximum absolute atomic E-state index is 12.8. The van der Waals surface area contributed by atoms with E-state index in [1.807, 2.05) is 65.0 Å². The van der Waals surface area contributed by atoms with E-state index in [9.17, 15) is 14.7 Å². The Hall–Kier alpha value is -3.71. The number of aliphatic hydroxyl groups is 1. The minimum Gasteiger partial charge on any atom is -0.478 e. The molecule has 0 saturated heterocycles. The molecular formula is C28H41N3O4. The van der Waals surface area contributed by atoms with Gasteiger partial charge in [0, 0.05) is 25.1 Å². The number of rotatable bonds is 6. The second-order valence-corrected chi connectivity index (χ2v) is 6.51. The molecule has 1 aromatic rings. The molecule has 2 rings (SSSR count). The van der Waals surface area contributed by atoms with Gasteiger partial charge in [-0.2, -0.15) is 0 Å². The third kappa shape index (κ3) is 10.4. The third-order valence-corrected chi connectivity index (χ3v) is 4.52. The molecule has 0 bridgehead atoms. The van der Waals surface area contributed by atoms with E-state index >= 15 is 0 Å². The number of nitrogens with zero attached hydrogens (tertiary/aromatic N) is 2. The lowest BCUT2D eigenvalue weighted by molar-refractivity contribution is -0.132. The second kappa shape index (κ2) is 18.7. The fourth-order valence-electron chi connectivity index (χ4n) is 2.91. The van der Waals surface area contributed by atoms with E-state index in [1.54, 1.807) is 38.3 Å². The molecule has 1 unspecified atom stereocenters. The van der Waals surface area contributed by atoms with Crippen molar-refractivity contribution in [3.05, 3.63) is 89.8 Å². The number of hydrogen-bond donors (Lipinski definition) is 3. The molecule has 1 aliphatic heterocycles. The number of carbonyl (C=O) groups is 2. The zero-order valence-corrected chi connectivity index (χ0v) is 22.2. The van der Waals surface area contributed by atoms with Gasteiger partial charge in [-0.05, 0) is 43.6 Å². The number of allylic oxidation sites excluding steroid dienone is 4. The molecule has 192 valence electrons. The van der Waals surface area contributed by atoms with Crippen LogP contribution in [0.2, 0.25) is 0 Å². The number of carbonyl (C=O) groups excluding carboxylic acids is 1. The fraction of sp³-hybridized carbons (Fsp3) is 0.321. The fourth-order valence-corrected chi connectivity index (χ4v) is 2.91. The first kappa shape index (κ1) is 33.5. The summed E-state index contributed by atoms with van der Waals surface area (Å²) >= 11 is 0. The van der Waals surface area contributed by atoms with Gasteiger partial charge < -0.3 is 15.9 Å². The molecule has 1 aliphatic rings. The molecule has 0 saturated carbocycles. The predicted octanol–water partition coefficient (Wildman–Crippen LogP) is 5.32. The van der Waals surface area contributed by atoms with Crippen LogP contribution in [-0.4, -0.2) is 46.0 Å². The van der Waals surface area contributed by atoms with Gasteiger partial charge in [-0.25, -0.2) is 4.79 Å². The summed E-state index contributed by atoms with van der Waals surface area (Å²) in [6, 6.07) is 9.15. The van der Waals surface area contributed by atoms with Gasteiger partial charge in [0.15, 0.2) is 0 Å². The van der Waals surface area contributed by atoms with E-state index in [2.05, 4.69) is 11.6 Å². The summed E-state index contributed by atoms with van der Waals surface area (Å²) in [7, 11) is 1.00. The number of benzene rings is 1. The van der Waals surface area contributed by atoms with E-state index in [4.69, 9.17) is 10.8 Å². The summed E-state index contributed by atoms with van der Waals surface area (Å²) in [5, 5.41) is 16.2. The van der Waals surface area contributed by atoms with Gasteiger partial charge in [0.2, 0.25) is 0 Å². The molecule has 4 N–H and O–H groups in total. The van der Waals surface area contributed by atoms with Gasteiger partial charge in [-0.1, -0.05) is 76.8 Å². The standard InChI is InChI=1S/C23H25N3O3.2C2H6.CH4O/c1-5-19(23(28)29)22(24)25-16(3)20-12-9-13-26(17(20)4)21(27)14-15(2)18-10-7-6-8-11-18;3*1-2/h5-14,16H,4H2,1-3H3,(H2,24,25)(H,28,29);2*1-2H3;2H,1H3/b15-14+,19-5+;;;. The molecule has 1 aromatic carbocycles. The molecule has 1 heterocycles. The summed E-state index contributed by atoms with van der Waals surface area (Å²) < 4.78 is 0. The van der Waals surface area contributed by atoms with E-state index in [0.29, 0.717) is 11.3 Å². The van der Waals surface area contributed by atoms with Crippen LogP contribution in [0.1, 0.15) is 54.0 Å². The normalized spacial score (nSPS) is 14.2. The SMILES string of the molecule is C=C1C(C(C)N=C(N)/C(=C\C)C(=O)O)=CC=CN1C(=O)/C=C(\C)c1ccccc1.CC.CC.CO. The number of carboxylic acid groups (broad SMARTS) is 1. The highest BCUT2D eigenvalue weighted by molar-refractivity contribution is 6.17. The minimum atomic E-state index is -1.14. The van der Waals surface area contributed by atoms with Crippen molar-refractivity contribution in [1.82, 2.24) is 4.90 Å². The number of carboxylic acids is 1. The Labute approximate surface area is 210 Å². The number of aliphatic carboxylic acids is 1. The van der Waals surface area contributed by atoms with Gasteiger partial charge >= 0.3 is 5.97 Å². The molecule has 0 aromatic heterocycles. The maximum Gasteiger partial charge on any atom is 0.339 e. The molecule has 1 amide bonds. The van der Waals surface area contributed by atoms with Crippen molar-refractivity contribution >= 4 is 23.3 Å². The van der Waals surface area contributed by atoms with Crippen molar-refractivity contribution in [3.8, 4) is 0 Å². The maximum atomic E-state index is 12.8. The van der Waals surface area contributed by atoms with Crippen LogP contribution in [0.5, 0.6) is 0 Å². The number of aliphatic imine (C=N–C) groups is 1. The molecule has 0 radical (unpaired) electrons. The molecule has 7 nitrogen and oxygen atoms in total. The molecule has 0 aliphatic carbocycles. The average molecular weight is 484 g/mol. The Morgan fingerprint density at radius 1 is 1.11 bits per heavy atom. The van der Waals surface area contributed by atoms with Crippen molar-refractivity contribution in [3.63, 3.8) is 0 Å². The second-order valence-electron chi connectivity index (χ2n) is 6.51. The Morgan fingerprint density at radius 2 is 1.66 bits per heavy atom. The lowest BCUT2D eigenvalue weighted by atomic mass is 10.0. The highest BCUT2D eigenvalue weighted by Crippen LogP contribution is 2.25. The zero-order chi connectivity index (χ0) is 27.6. The van der Waals surface area contributed by atoms with Crippen LogP contribution < -0.4 is 5.73 Å². The van der Waals surface area contributed by atoms with Crippen molar-refractivity contribution in [2.45, 2.75) is 54.5 Å². The number of nitrogens with two attached hydrogens (primary N) is 1. The smallest absolute Gasteiger partial charge is 0.339 e. The van der Waals surface area contributed by atoms with Gasteiger partial charge in [0.1, 0.15) is 5.84 Å². The van der Waals surface area contributed by atoms with Crippen LogP contribution >= 0.6 is 0 Å². The molecule has 35 heavy (non-hydrogen) atoms. The Balaban J connectivity index is 0. The molecule has 7 heteroatoms. The van der Waals surface area contributed by atoms with Gasteiger partial charge in [0.25, 0.3) is 5.91 Å². The molecule has 0 fully saturated rings.